The molecule has 184 valence electrons. The highest BCUT2D eigenvalue weighted by molar-refractivity contribution is 5.60. The van der Waals surface area contributed by atoms with E-state index in [2.05, 4.69) is 45.8 Å². The molecule has 0 aliphatic heterocycles. The first-order valence-corrected chi connectivity index (χ1v) is 11.3. The third kappa shape index (κ3) is 5.35. The quantitative estimate of drug-likeness (QED) is 0.307. The second-order valence-electron chi connectivity index (χ2n) is 8.85. The SMILES string of the molecule is C=C(Nc1ccc(-c2ncn(-c3ccc(OC(F)(F)F)cc3)n2)cc1)OC1(C)Cc2ccccc2C1. The topological polar surface area (TPSA) is 61.2 Å². The first-order valence-electron chi connectivity index (χ1n) is 11.3. The number of nitrogens with one attached hydrogen (secondary N) is 1. The lowest BCUT2D eigenvalue weighted by molar-refractivity contribution is -0.274. The van der Waals surface area contributed by atoms with Crippen molar-refractivity contribution in [3.63, 3.8) is 0 Å². The Morgan fingerprint density at radius 1 is 0.972 bits per heavy atom. The molecule has 3 aromatic carbocycles. The lowest BCUT2D eigenvalue weighted by Crippen LogP contribution is -2.30. The van der Waals surface area contributed by atoms with Crippen molar-refractivity contribution in [2.45, 2.75) is 31.7 Å². The number of fused-ring (bicyclic) bond motifs is 1. The minimum Gasteiger partial charge on any atom is -0.472 e. The number of aromatic nitrogens is 3. The highest BCUT2D eigenvalue weighted by Gasteiger charge is 2.35. The number of rotatable bonds is 7. The van der Waals surface area contributed by atoms with Gasteiger partial charge in [-0.2, -0.15) is 0 Å². The molecule has 1 aromatic heterocycles. The average molecular weight is 493 g/mol. The summed E-state index contributed by atoms with van der Waals surface area (Å²) in [5.41, 5.74) is 4.40. The maximum absolute atomic E-state index is 12.3. The summed E-state index contributed by atoms with van der Waals surface area (Å²) >= 11 is 0. The van der Waals surface area contributed by atoms with Crippen LogP contribution in [0.15, 0.2) is 91.6 Å². The van der Waals surface area contributed by atoms with Gasteiger partial charge >= 0.3 is 6.36 Å². The minimum atomic E-state index is -4.73. The number of benzene rings is 3. The molecular formula is C27H23F3N4O2. The molecule has 4 aromatic rings. The molecular weight excluding hydrogens is 469 g/mol. The zero-order chi connectivity index (χ0) is 25.3. The van der Waals surface area contributed by atoms with E-state index in [4.69, 9.17) is 4.74 Å². The van der Waals surface area contributed by atoms with E-state index in [0.29, 0.717) is 17.4 Å². The van der Waals surface area contributed by atoms with Crippen molar-refractivity contribution in [1.82, 2.24) is 14.8 Å². The van der Waals surface area contributed by atoms with Crippen LogP contribution in [0.2, 0.25) is 0 Å². The van der Waals surface area contributed by atoms with E-state index in [-0.39, 0.29) is 11.4 Å². The van der Waals surface area contributed by atoms with Crippen LogP contribution in [-0.4, -0.2) is 26.7 Å². The summed E-state index contributed by atoms with van der Waals surface area (Å²) in [7, 11) is 0. The van der Waals surface area contributed by atoms with Crippen molar-refractivity contribution in [2.75, 3.05) is 5.32 Å². The lowest BCUT2D eigenvalue weighted by Gasteiger charge is -2.27. The summed E-state index contributed by atoms with van der Waals surface area (Å²) in [5, 5.41) is 7.62. The van der Waals surface area contributed by atoms with Gasteiger partial charge in [0.1, 0.15) is 17.7 Å². The van der Waals surface area contributed by atoms with E-state index in [1.807, 2.05) is 36.4 Å². The van der Waals surface area contributed by atoms with Crippen LogP contribution < -0.4 is 10.1 Å². The number of hydrogen-bond acceptors (Lipinski definition) is 5. The first-order chi connectivity index (χ1) is 17.2. The van der Waals surface area contributed by atoms with Gasteiger partial charge in [-0.3, -0.25) is 0 Å². The molecule has 9 heteroatoms. The van der Waals surface area contributed by atoms with Crippen LogP contribution in [-0.2, 0) is 17.6 Å². The second kappa shape index (κ2) is 9.07. The number of halogens is 3. The van der Waals surface area contributed by atoms with Crippen molar-refractivity contribution in [2.24, 2.45) is 0 Å². The summed E-state index contributed by atoms with van der Waals surface area (Å²) in [4.78, 5) is 4.31. The average Bonchev–Trinajstić information content (AvgIpc) is 3.43. The molecule has 1 N–H and O–H groups in total. The predicted octanol–water partition coefficient (Wildman–Crippen LogP) is 6.29. The third-order valence-corrected chi connectivity index (χ3v) is 5.87. The number of alkyl halides is 3. The smallest absolute Gasteiger partial charge is 0.472 e. The fourth-order valence-electron chi connectivity index (χ4n) is 4.35. The van der Waals surface area contributed by atoms with Gasteiger partial charge in [-0.15, -0.1) is 18.3 Å². The summed E-state index contributed by atoms with van der Waals surface area (Å²) in [6, 6.07) is 21.2. The van der Waals surface area contributed by atoms with Gasteiger partial charge in [0.2, 0.25) is 0 Å². The normalized spacial score (nSPS) is 14.2. The Bertz CT molecular complexity index is 1350. The number of hydrogen-bond donors (Lipinski definition) is 1. The standard InChI is InChI=1S/C27H23F3N4O2/c1-18(35-26(2)15-20-5-3-4-6-21(20)16-26)32-22-9-7-19(8-10-22)25-31-17-34(33-25)23-11-13-24(14-12-23)36-27(28,29)30/h3-14,17,32H,1,15-16H2,2H3. The van der Waals surface area contributed by atoms with Crippen LogP contribution in [0.1, 0.15) is 18.1 Å². The van der Waals surface area contributed by atoms with E-state index in [1.165, 1.54) is 46.4 Å². The van der Waals surface area contributed by atoms with E-state index in [0.717, 1.165) is 24.1 Å². The van der Waals surface area contributed by atoms with E-state index in [9.17, 15) is 13.2 Å². The predicted molar refractivity (Wildman–Crippen MR) is 130 cm³/mol. The molecule has 0 saturated heterocycles. The van der Waals surface area contributed by atoms with Gasteiger partial charge in [0.05, 0.1) is 5.69 Å². The zero-order valence-electron chi connectivity index (χ0n) is 19.4. The van der Waals surface area contributed by atoms with Crippen LogP contribution in [0.25, 0.3) is 17.1 Å². The van der Waals surface area contributed by atoms with E-state index < -0.39 is 6.36 Å². The number of ether oxygens (including phenoxy) is 2. The lowest BCUT2D eigenvalue weighted by atomic mass is 10.0. The van der Waals surface area contributed by atoms with Gasteiger partial charge < -0.3 is 14.8 Å². The molecule has 6 nitrogen and oxygen atoms in total. The van der Waals surface area contributed by atoms with Gasteiger partial charge in [0, 0.05) is 24.1 Å². The highest BCUT2D eigenvalue weighted by atomic mass is 19.4. The molecule has 0 radical (unpaired) electrons. The molecule has 0 amide bonds. The zero-order valence-corrected chi connectivity index (χ0v) is 19.4. The summed E-state index contributed by atoms with van der Waals surface area (Å²) < 4.78 is 48.6. The number of anilines is 1. The van der Waals surface area contributed by atoms with Crippen LogP contribution in [0.3, 0.4) is 0 Å². The molecule has 0 bridgehead atoms. The molecule has 36 heavy (non-hydrogen) atoms. The third-order valence-electron chi connectivity index (χ3n) is 5.87. The van der Waals surface area contributed by atoms with Gasteiger partial charge in [0.15, 0.2) is 11.7 Å². The second-order valence-corrected chi connectivity index (χ2v) is 8.85. The van der Waals surface area contributed by atoms with Crippen LogP contribution in [0.5, 0.6) is 5.75 Å². The fourth-order valence-corrected chi connectivity index (χ4v) is 4.35. The Morgan fingerprint density at radius 2 is 1.61 bits per heavy atom. The number of nitrogens with zero attached hydrogens (tertiary/aromatic N) is 3. The molecule has 5 rings (SSSR count). The Kier molecular flexibility index (Phi) is 5.91. The molecule has 0 spiro atoms. The van der Waals surface area contributed by atoms with Crippen molar-refractivity contribution in [1.29, 1.82) is 0 Å². The van der Waals surface area contributed by atoms with Crippen molar-refractivity contribution in [3.05, 3.63) is 103 Å². The maximum Gasteiger partial charge on any atom is 0.573 e. The Labute approximate surface area is 206 Å². The highest BCUT2D eigenvalue weighted by Crippen LogP contribution is 2.34. The Hall–Kier alpha value is -4.27. The largest absolute Gasteiger partial charge is 0.573 e. The van der Waals surface area contributed by atoms with Crippen molar-refractivity contribution >= 4 is 5.69 Å². The molecule has 0 fully saturated rings. The molecule has 0 unspecified atom stereocenters. The molecule has 0 atom stereocenters. The molecule has 1 heterocycles. The minimum absolute atomic E-state index is 0.299. The van der Waals surface area contributed by atoms with Crippen LogP contribution >= 0.6 is 0 Å². The summed E-state index contributed by atoms with van der Waals surface area (Å²) in [6.07, 6.45) is -1.58. The van der Waals surface area contributed by atoms with Crippen molar-refractivity contribution in [3.8, 4) is 22.8 Å². The van der Waals surface area contributed by atoms with Crippen molar-refractivity contribution < 1.29 is 22.6 Å². The fraction of sp³-hybridized carbons (Fsp3) is 0.185. The van der Waals surface area contributed by atoms with Crippen LogP contribution in [0, 0.1) is 0 Å². The summed E-state index contributed by atoms with van der Waals surface area (Å²) in [5.74, 6) is 0.647. The van der Waals surface area contributed by atoms with Gasteiger partial charge in [0.25, 0.3) is 0 Å². The summed E-state index contributed by atoms with van der Waals surface area (Å²) in [6.45, 7) is 6.12. The molecule has 0 saturated carbocycles. The monoisotopic (exact) mass is 492 g/mol. The van der Waals surface area contributed by atoms with Gasteiger partial charge in [-0.25, -0.2) is 9.67 Å². The molecule has 1 aliphatic rings. The first kappa shape index (κ1) is 23.5. The van der Waals surface area contributed by atoms with Crippen LogP contribution in [0.4, 0.5) is 18.9 Å². The van der Waals surface area contributed by atoms with E-state index >= 15 is 0 Å². The van der Waals surface area contributed by atoms with Gasteiger partial charge in [-0.1, -0.05) is 24.3 Å². The Morgan fingerprint density at radius 3 is 2.22 bits per heavy atom. The maximum atomic E-state index is 12.3. The Balaban J connectivity index is 1.20. The van der Waals surface area contributed by atoms with Gasteiger partial charge in [-0.05, 0) is 73.2 Å². The van der Waals surface area contributed by atoms with E-state index in [1.54, 1.807) is 0 Å². The molecule has 1 aliphatic carbocycles.